The highest BCUT2D eigenvalue weighted by atomic mass is 16.5. The molecule has 1 aromatic heterocycles. The van der Waals surface area contributed by atoms with Crippen molar-refractivity contribution in [1.29, 1.82) is 0 Å². The van der Waals surface area contributed by atoms with Gasteiger partial charge in [-0.15, -0.1) is 0 Å². The number of methoxy groups -OCH3 is 1. The van der Waals surface area contributed by atoms with E-state index in [0.29, 0.717) is 22.7 Å². The van der Waals surface area contributed by atoms with E-state index < -0.39 is 0 Å². The van der Waals surface area contributed by atoms with Crippen molar-refractivity contribution in [3.8, 4) is 5.75 Å². The third kappa shape index (κ3) is 2.18. The first kappa shape index (κ1) is 12.5. The number of aryl methyl sites for hydroxylation is 1. The Bertz CT molecular complexity index is 584. The molecular formula is C14H17NO3. The molecule has 0 fully saturated rings. The van der Waals surface area contributed by atoms with Crippen LogP contribution in [0.5, 0.6) is 5.75 Å². The molecule has 0 atom stereocenters. The van der Waals surface area contributed by atoms with Gasteiger partial charge in [0.25, 0.3) is 5.91 Å². The average Bonchev–Trinajstić information content (AvgIpc) is 2.62. The van der Waals surface area contributed by atoms with Crippen molar-refractivity contribution < 1.29 is 13.9 Å². The van der Waals surface area contributed by atoms with Crippen LogP contribution < -0.4 is 10.1 Å². The Kier molecular flexibility index (Phi) is 3.28. The summed E-state index contributed by atoms with van der Waals surface area (Å²) < 4.78 is 10.7. The molecule has 0 aliphatic heterocycles. The number of amides is 1. The first-order valence-corrected chi connectivity index (χ1v) is 5.91. The van der Waals surface area contributed by atoms with Gasteiger partial charge in [-0.1, -0.05) is 0 Å². The molecule has 1 amide bonds. The monoisotopic (exact) mass is 247 g/mol. The highest BCUT2D eigenvalue weighted by Gasteiger charge is 2.18. The van der Waals surface area contributed by atoms with Gasteiger partial charge in [-0.05, 0) is 32.9 Å². The number of hydrogen-bond acceptors (Lipinski definition) is 3. The van der Waals surface area contributed by atoms with E-state index in [4.69, 9.17) is 9.15 Å². The zero-order chi connectivity index (χ0) is 13.3. The lowest BCUT2D eigenvalue weighted by Gasteiger charge is -2.07. The third-order valence-electron chi connectivity index (χ3n) is 2.72. The van der Waals surface area contributed by atoms with Crippen LogP contribution in [0.15, 0.2) is 22.6 Å². The van der Waals surface area contributed by atoms with E-state index in [2.05, 4.69) is 5.32 Å². The smallest absolute Gasteiger partial charge is 0.255 e. The molecule has 1 heterocycles. The number of rotatable bonds is 3. The van der Waals surface area contributed by atoms with Crippen LogP contribution in [-0.2, 0) is 0 Å². The molecule has 4 heteroatoms. The summed E-state index contributed by atoms with van der Waals surface area (Å²) in [6.45, 7) is 5.65. The minimum atomic E-state index is -0.105. The topological polar surface area (TPSA) is 51.5 Å². The Morgan fingerprint density at radius 1 is 1.39 bits per heavy atom. The van der Waals surface area contributed by atoms with Crippen molar-refractivity contribution in [3.63, 3.8) is 0 Å². The van der Waals surface area contributed by atoms with E-state index >= 15 is 0 Å². The van der Waals surface area contributed by atoms with Gasteiger partial charge in [-0.3, -0.25) is 4.79 Å². The van der Waals surface area contributed by atoms with Crippen LogP contribution >= 0.6 is 0 Å². The van der Waals surface area contributed by atoms with E-state index in [-0.39, 0.29) is 11.9 Å². The second-order valence-corrected chi connectivity index (χ2v) is 4.52. The molecule has 4 nitrogen and oxygen atoms in total. The lowest BCUT2D eigenvalue weighted by atomic mass is 10.1. The molecule has 18 heavy (non-hydrogen) atoms. The lowest BCUT2D eigenvalue weighted by Crippen LogP contribution is -2.30. The Morgan fingerprint density at radius 2 is 2.11 bits per heavy atom. The van der Waals surface area contributed by atoms with Crippen LogP contribution in [0.3, 0.4) is 0 Å². The van der Waals surface area contributed by atoms with Crippen LogP contribution in [0.2, 0.25) is 0 Å². The summed E-state index contributed by atoms with van der Waals surface area (Å²) in [7, 11) is 1.60. The Balaban J connectivity index is 2.50. The summed E-state index contributed by atoms with van der Waals surface area (Å²) in [6.07, 6.45) is 0. The summed E-state index contributed by atoms with van der Waals surface area (Å²) in [6, 6.07) is 5.55. The SMILES string of the molecule is COc1ccc2c(C(=O)NC(C)C)c(C)oc2c1. The maximum Gasteiger partial charge on any atom is 0.255 e. The maximum atomic E-state index is 12.1. The van der Waals surface area contributed by atoms with Gasteiger partial charge in [0, 0.05) is 17.5 Å². The van der Waals surface area contributed by atoms with Gasteiger partial charge in [0.2, 0.25) is 0 Å². The Hall–Kier alpha value is -1.97. The zero-order valence-corrected chi connectivity index (χ0v) is 11.0. The van der Waals surface area contributed by atoms with E-state index in [9.17, 15) is 4.79 Å². The van der Waals surface area contributed by atoms with Gasteiger partial charge in [0.1, 0.15) is 17.1 Å². The summed E-state index contributed by atoms with van der Waals surface area (Å²) in [5.74, 6) is 1.23. The molecule has 2 rings (SSSR count). The standard InChI is InChI=1S/C14H17NO3/c1-8(2)15-14(16)13-9(3)18-12-7-10(17-4)5-6-11(12)13/h5-8H,1-4H3,(H,15,16). The molecule has 0 saturated heterocycles. The number of furan rings is 1. The van der Waals surface area contributed by atoms with Crippen LogP contribution in [0.1, 0.15) is 30.0 Å². The lowest BCUT2D eigenvalue weighted by molar-refractivity contribution is 0.0943. The number of hydrogen-bond donors (Lipinski definition) is 1. The second kappa shape index (κ2) is 4.72. The quantitative estimate of drug-likeness (QED) is 0.907. The van der Waals surface area contributed by atoms with Crippen molar-refractivity contribution in [1.82, 2.24) is 5.32 Å². The molecule has 0 spiro atoms. The summed E-state index contributed by atoms with van der Waals surface area (Å²) in [5.41, 5.74) is 1.27. The van der Waals surface area contributed by atoms with Crippen molar-refractivity contribution in [3.05, 3.63) is 29.5 Å². The summed E-state index contributed by atoms with van der Waals surface area (Å²) in [4.78, 5) is 12.1. The maximum absolute atomic E-state index is 12.1. The third-order valence-corrected chi connectivity index (χ3v) is 2.72. The van der Waals surface area contributed by atoms with Crippen LogP contribution in [0, 0.1) is 6.92 Å². The molecule has 0 unspecified atom stereocenters. The minimum absolute atomic E-state index is 0.0973. The van der Waals surface area contributed by atoms with E-state index in [0.717, 1.165) is 5.39 Å². The second-order valence-electron chi connectivity index (χ2n) is 4.52. The van der Waals surface area contributed by atoms with Crippen molar-refractivity contribution in [2.45, 2.75) is 26.8 Å². The van der Waals surface area contributed by atoms with Crippen LogP contribution in [0.25, 0.3) is 11.0 Å². The molecule has 0 aliphatic carbocycles. The fourth-order valence-corrected chi connectivity index (χ4v) is 1.94. The molecule has 0 bridgehead atoms. The molecule has 0 saturated carbocycles. The first-order valence-electron chi connectivity index (χ1n) is 5.91. The summed E-state index contributed by atoms with van der Waals surface area (Å²) in [5, 5.41) is 3.69. The zero-order valence-electron chi connectivity index (χ0n) is 11.0. The van der Waals surface area contributed by atoms with Crippen molar-refractivity contribution in [2.75, 3.05) is 7.11 Å². The van der Waals surface area contributed by atoms with Gasteiger partial charge in [-0.2, -0.15) is 0 Å². The van der Waals surface area contributed by atoms with Crippen LogP contribution in [0.4, 0.5) is 0 Å². The number of carbonyl (C=O) groups is 1. The van der Waals surface area contributed by atoms with Gasteiger partial charge < -0.3 is 14.5 Å². The fraction of sp³-hybridized carbons (Fsp3) is 0.357. The largest absolute Gasteiger partial charge is 0.497 e. The Morgan fingerprint density at radius 3 is 2.72 bits per heavy atom. The predicted octanol–water partition coefficient (Wildman–Crippen LogP) is 2.89. The minimum Gasteiger partial charge on any atom is -0.497 e. The number of benzene rings is 1. The number of carbonyl (C=O) groups excluding carboxylic acids is 1. The molecule has 1 aromatic carbocycles. The first-order chi connectivity index (χ1) is 8.52. The van der Waals surface area contributed by atoms with Crippen molar-refractivity contribution in [2.24, 2.45) is 0 Å². The fourth-order valence-electron chi connectivity index (χ4n) is 1.94. The summed E-state index contributed by atoms with van der Waals surface area (Å²) >= 11 is 0. The average molecular weight is 247 g/mol. The van der Waals surface area contributed by atoms with E-state index in [1.54, 1.807) is 20.1 Å². The molecule has 96 valence electrons. The highest BCUT2D eigenvalue weighted by Crippen LogP contribution is 2.28. The molecule has 1 N–H and O–H groups in total. The van der Waals surface area contributed by atoms with E-state index in [1.807, 2.05) is 26.0 Å². The number of fused-ring (bicyclic) bond motifs is 1. The van der Waals surface area contributed by atoms with Crippen molar-refractivity contribution >= 4 is 16.9 Å². The predicted molar refractivity (Wildman–Crippen MR) is 70.1 cm³/mol. The van der Waals surface area contributed by atoms with Crippen LogP contribution in [-0.4, -0.2) is 19.1 Å². The molecule has 2 aromatic rings. The molecular weight excluding hydrogens is 230 g/mol. The molecule has 0 aliphatic rings. The highest BCUT2D eigenvalue weighted by molar-refractivity contribution is 6.07. The molecule has 0 radical (unpaired) electrons. The number of ether oxygens (including phenoxy) is 1. The Labute approximate surface area is 106 Å². The van der Waals surface area contributed by atoms with Gasteiger partial charge in [-0.25, -0.2) is 0 Å². The van der Waals surface area contributed by atoms with Gasteiger partial charge in [0.05, 0.1) is 12.7 Å². The number of nitrogens with one attached hydrogen (secondary N) is 1. The van der Waals surface area contributed by atoms with Gasteiger partial charge in [0.15, 0.2) is 0 Å². The van der Waals surface area contributed by atoms with E-state index in [1.165, 1.54) is 0 Å². The van der Waals surface area contributed by atoms with Gasteiger partial charge >= 0.3 is 0 Å². The normalized spacial score (nSPS) is 10.9.